The van der Waals surface area contributed by atoms with Crippen LogP contribution in [0.4, 0.5) is 24.2 Å². The molecule has 2 N–H and O–H groups in total. The second-order valence-corrected chi connectivity index (χ2v) is 10.8. The van der Waals surface area contributed by atoms with E-state index in [4.69, 9.17) is 18.3 Å². The molecular weight excluding hydrogens is 561 g/mol. The van der Waals surface area contributed by atoms with Gasteiger partial charge in [-0.25, -0.2) is 27.9 Å². The van der Waals surface area contributed by atoms with E-state index in [0.29, 0.717) is 25.1 Å². The number of hydrogen-bond donors (Lipinski definition) is 2. The summed E-state index contributed by atoms with van der Waals surface area (Å²) in [6, 6.07) is 11.7. The maximum Gasteiger partial charge on any atom is 0.474 e. The fraction of sp³-hybridized carbons (Fsp3) is 0.370. The van der Waals surface area contributed by atoms with E-state index in [1.54, 1.807) is 12.3 Å². The van der Waals surface area contributed by atoms with E-state index in [-0.39, 0.29) is 25.3 Å². The molecule has 0 bridgehead atoms. The SMILES string of the molecule is COP(=O)(OC)OCCCC[C@H](COC(=O)Nc1cc2ccccc2cn1)N(C)C(=O)NCc1cccc(F)c1F. The van der Waals surface area contributed by atoms with Crippen LogP contribution in [-0.2, 0) is 29.4 Å². The number of benzene rings is 2. The first-order valence-corrected chi connectivity index (χ1v) is 14.2. The zero-order valence-corrected chi connectivity index (χ0v) is 23.9. The Hall–Kier alpha value is -3.64. The van der Waals surface area contributed by atoms with Gasteiger partial charge in [0, 0.05) is 45.0 Å². The van der Waals surface area contributed by atoms with Gasteiger partial charge in [-0.2, -0.15) is 0 Å². The van der Waals surface area contributed by atoms with Crippen LogP contribution in [0, 0.1) is 11.6 Å². The van der Waals surface area contributed by atoms with Crippen LogP contribution in [0.3, 0.4) is 0 Å². The van der Waals surface area contributed by atoms with E-state index in [2.05, 4.69) is 15.6 Å². The highest BCUT2D eigenvalue weighted by molar-refractivity contribution is 7.48. The Morgan fingerprint density at radius 2 is 1.78 bits per heavy atom. The predicted octanol–water partition coefficient (Wildman–Crippen LogP) is 5.86. The minimum atomic E-state index is -3.62. The molecule has 0 radical (unpaired) electrons. The van der Waals surface area contributed by atoms with Crippen LogP contribution in [0.2, 0.25) is 0 Å². The monoisotopic (exact) mass is 594 g/mol. The maximum absolute atomic E-state index is 14.0. The number of aromatic nitrogens is 1. The Morgan fingerprint density at radius 3 is 2.51 bits per heavy atom. The van der Waals surface area contributed by atoms with Gasteiger partial charge in [-0.1, -0.05) is 36.4 Å². The summed E-state index contributed by atoms with van der Waals surface area (Å²) in [5.74, 6) is -1.76. The van der Waals surface area contributed by atoms with Gasteiger partial charge >= 0.3 is 19.9 Å². The third kappa shape index (κ3) is 9.46. The van der Waals surface area contributed by atoms with Crippen molar-refractivity contribution < 1.29 is 41.2 Å². The molecule has 3 amide bonds. The van der Waals surface area contributed by atoms with Crippen molar-refractivity contribution in [2.45, 2.75) is 31.8 Å². The second kappa shape index (κ2) is 15.4. The molecule has 2 aromatic carbocycles. The fourth-order valence-corrected chi connectivity index (χ4v) is 4.55. The number of likely N-dealkylation sites (N-methyl/N-ethyl adjacent to an activating group) is 1. The number of carbonyl (C=O) groups is 2. The van der Waals surface area contributed by atoms with Gasteiger partial charge < -0.3 is 15.0 Å². The quantitative estimate of drug-likeness (QED) is 0.176. The summed E-state index contributed by atoms with van der Waals surface area (Å²) >= 11 is 0. The molecule has 14 heteroatoms. The highest BCUT2D eigenvalue weighted by atomic mass is 31.2. The number of pyridine rings is 1. The number of rotatable bonds is 14. The molecule has 11 nitrogen and oxygen atoms in total. The number of halogens is 2. The molecule has 1 heterocycles. The third-order valence-corrected chi connectivity index (χ3v) is 7.62. The molecule has 0 saturated carbocycles. The van der Waals surface area contributed by atoms with E-state index >= 15 is 0 Å². The molecule has 0 aliphatic heterocycles. The van der Waals surface area contributed by atoms with Gasteiger partial charge in [0.2, 0.25) is 0 Å². The van der Waals surface area contributed by atoms with Gasteiger partial charge in [0.15, 0.2) is 11.6 Å². The zero-order chi connectivity index (χ0) is 29.8. The summed E-state index contributed by atoms with van der Waals surface area (Å²) in [7, 11) is 0.294. The summed E-state index contributed by atoms with van der Waals surface area (Å²) in [6.07, 6.45) is 2.16. The predicted molar refractivity (Wildman–Crippen MR) is 148 cm³/mol. The van der Waals surface area contributed by atoms with Crippen LogP contribution in [-0.4, -0.2) is 62.5 Å². The van der Waals surface area contributed by atoms with Gasteiger partial charge in [-0.05, 0) is 36.8 Å². The minimum Gasteiger partial charge on any atom is -0.447 e. The van der Waals surface area contributed by atoms with Crippen molar-refractivity contribution in [3.05, 3.63) is 71.9 Å². The molecule has 3 rings (SSSR count). The number of phosphoric ester groups is 1. The van der Waals surface area contributed by atoms with E-state index in [1.807, 2.05) is 24.3 Å². The lowest BCUT2D eigenvalue weighted by Crippen LogP contribution is -2.46. The Morgan fingerprint density at radius 1 is 1.05 bits per heavy atom. The number of nitrogens with zero attached hydrogens (tertiary/aromatic N) is 2. The van der Waals surface area contributed by atoms with Crippen molar-refractivity contribution in [3.8, 4) is 0 Å². The lowest BCUT2D eigenvalue weighted by atomic mass is 10.1. The van der Waals surface area contributed by atoms with E-state index in [0.717, 1.165) is 16.8 Å². The van der Waals surface area contributed by atoms with Crippen LogP contribution in [0.25, 0.3) is 10.8 Å². The lowest BCUT2D eigenvalue weighted by Gasteiger charge is -2.28. The largest absolute Gasteiger partial charge is 0.474 e. The number of phosphoric acid groups is 1. The van der Waals surface area contributed by atoms with Gasteiger partial charge in [-0.15, -0.1) is 0 Å². The molecule has 3 aromatic rings. The van der Waals surface area contributed by atoms with Crippen molar-refractivity contribution in [3.63, 3.8) is 0 Å². The van der Waals surface area contributed by atoms with Crippen molar-refractivity contribution in [1.82, 2.24) is 15.2 Å². The molecule has 0 spiro atoms. The highest BCUT2D eigenvalue weighted by Crippen LogP contribution is 2.47. The topological polar surface area (TPSA) is 128 Å². The first-order valence-electron chi connectivity index (χ1n) is 12.7. The van der Waals surface area contributed by atoms with Crippen LogP contribution in [0.1, 0.15) is 24.8 Å². The van der Waals surface area contributed by atoms with Crippen LogP contribution in [0.15, 0.2) is 54.7 Å². The molecule has 0 aliphatic carbocycles. The van der Waals surface area contributed by atoms with Crippen molar-refractivity contribution in [1.29, 1.82) is 0 Å². The molecule has 0 aliphatic rings. The summed E-state index contributed by atoms with van der Waals surface area (Å²) < 4.78 is 59.6. The molecular formula is C27H33F2N4O7P. The zero-order valence-electron chi connectivity index (χ0n) is 23.0. The number of hydrogen-bond acceptors (Lipinski definition) is 8. The smallest absolute Gasteiger partial charge is 0.447 e. The molecule has 41 heavy (non-hydrogen) atoms. The molecule has 222 valence electrons. The molecule has 1 aromatic heterocycles. The first-order chi connectivity index (χ1) is 19.7. The molecule has 0 unspecified atom stereocenters. The number of anilines is 1. The standard InChI is InChI=1S/C27H33F2N4O7P/c1-33(26(34)31-17-21-11-8-13-23(28)25(21)29)22(12-6-7-14-40-41(36,37-2)38-3)18-39-27(35)32-24-15-19-9-4-5-10-20(19)16-30-24/h4-5,8-11,13,15-16,22H,6-7,12,14,17-18H2,1-3H3,(H,31,34)(H,30,32,35)/t22-/m1/s1. The lowest BCUT2D eigenvalue weighted by molar-refractivity contribution is 0.110. The Kier molecular flexibility index (Phi) is 12.0. The van der Waals surface area contributed by atoms with E-state index in [9.17, 15) is 22.9 Å². The Labute approximate surface area is 236 Å². The summed E-state index contributed by atoms with van der Waals surface area (Å²) in [5.41, 5.74) is -0.0142. The fourth-order valence-electron chi connectivity index (χ4n) is 3.84. The van der Waals surface area contributed by atoms with Crippen molar-refractivity contribution >= 4 is 36.5 Å². The average molecular weight is 595 g/mol. The van der Waals surface area contributed by atoms with Gasteiger partial charge in [0.05, 0.1) is 12.6 Å². The third-order valence-electron chi connectivity index (χ3n) is 6.23. The van der Waals surface area contributed by atoms with Crippen molar-refractivity contribution in [2.24, 2.45) is 0 Å². The molecule has 1 atom stereocenters. The van der Waals surface area contributed by atoms with E-state index in [1.165, 1.54) is 38.3 Å². The number of carbonyl (C=O) groups excluding carboxylic acids is 2. The highest BCUT2D eigenvalue weighted by Gasteiger charge is 2.24. The van der Waals surface area contributed by atoms with Crippen LogP contribution in [0.5, 0.6) is 0 Å². The summed E-state index contributed by atoms with van der Waals surface area (Å²) in [5, 5.41) is 6.92. The Bertz CT molecular complexity index is 1370. The van der Waals surface area contributed by atoms with Crippen molar-refractivity contribution in [2.75, 3.05) is 39.8 Å². The molecule has 0 fully saturated rings. The Balaban J connectivity index is 1.59. The summed E-state index contributed by atoms with van der Waals surface area (Å²) in [6.45, 7) is -0.353. The number of urea groups is 1. The van der Waals surface area contributed by atoms with Gasteiger partial charge in [0.1, 0.15) is 12.4 Å². The van der Waals surface area contributed by atoms with E-state index < -0.39 is 37.6 Å². The summed E-state index contributed by atoms with van der Waals surface area (Å²) in [4.78, 5) is 30.9. The number of fused-ring (bicyclic) bond motifs is 1. The molecule has 0 saturated heterocycles. The van der Waals surface area contributed by atoms with Crippen LogP contribution < -0.4 is 10.6 Å². The van der Waals surface area contributed by atoms with Gasteiger partial charge in [0.25, 0.3) is 0 Å². The average Bonchev–Trinajstić information content (AvgIpc) is 2.98. The second-order valence-electron chi connectivity index (χ2n) is 8.92. The number of amides is 3. The minimum absolute atomic E-state index is 0.0142. The van der Waals surface area contributed by atoms with Crippen LogP contribution >= 0.6 is 7.82 Å². The maximum atomic E-state index is 14.0. The van der Waals surface area contributed by atoms with Gasteiger partial charge in [-0.3, -0.25) is 18.9 Å². The first kappa shape index (κ1) is 31.9. The number of nitrogens with one attached hydrogen (secondary N) is 2. The normalized spacial score (nSPS) is 12.1. The number of unbranched alkanes of at least 4 members (excludes halogenated alkanes) is 1. The number of ether oxygens (including phenoxy) is 1.